The normalized spacial score (nSPS) is 17.6. The number of rotatable bonds is 8. The number of likely N-dealkylation sites (tertiary alicyclic amines) is 2. The van der Waals surface area contributed by atoms with Crippen LogP contribution in [0, 0.1) is 6.92 Å². The van der Waals surface area contributed by atoms with Crippen LogP contribution >= 0.6 is 22.9 Å². The maximum Gasteiger partial charge on any atom is 0.339 e. The standard InChI is InChI=1S/C39H46ClN5O3S/c1-8-47-38(46)35(48-39(3,4)5)32-23(2)19-30-36(33(32)24-9-12-27(40)13-10-24)49-37(41-30)26-11-14-31-29(20-26)34(42-44(31)7)25-15-17-45(18-16-25)28-21-43(6)22-28/h9-14,19-20,25,28,35H,8,15-18,21-22H2,1-7H3/t35-/m0/s1. The average Bonchev–Trinajstić information content (AvgIpc) is 3.62. The molecule has 2 fully saturated rings. The number of ether oxygens (including phenoxy) is 2. The first-order valence-electron chi connectivity index (χ1n) is 17.3. The molecule has 7 rings (SSSR count). The van der Waals surface area contributed by atoms with Crippen molar-refractivity contribution in [2.75, 3.05) is 39.8 Å². The van der Waals surface area contributed by atoms with Crippen LogP contribution in [0.15, 0.2) is 48.5 Å². The van der Waals surface area contributed by atoms with Crippen LogP contribution in [-0.4, -0.2) is 82.0 Å². The molecule has 49 heavy (non-hydrogen) atoms. The van der Waals surface area contributed by atoms with Gasteiger partial charge in [-0.3, -0.25) is 9.58 Å². The van der Waals surface area contributed by atoms with Gasteiger partial charge in [-0.1, -0.05) is 23.7 Å². The molecule has 2 aliphatic rings. The highest BCUT2D eigenvalue weighted by atomic mass is 35.5. The number of piperidine rings is 1. The number of fused-ring (bicyclic) bond motifs is 2. The van der Waals surface area contributed by atoms with Crippen LogP contribution in [0.5, 0.6) is 0 Å². The van der Waals surface area contributed by atoms with Gasteiger partial charge in [0, 0.05) is 59.2 Å². The summed E-state index contributed by atoms with van der Waals surface area (Å²) in [5, 5.41) is 7.85. The lowest BCUT2D eigenvalue weighted by molar-refractivity contribution is -0.166. The second kappa shape index (κ2) is 13.4. The van der Waals surface area contributed by atoms with E-state index >= 15 is 0 Å². The first kappa shape index (κ1) is 34.1. The number of carbonyl (C=O) groups is 1. The van der Waals surface area contributed by atoms with Crippen molar-refractivity contribution < 1.29 is 14.3 Å². The summed E-state index contributed by atoms with van der Waals surface area (Å²) < 4.78 is 15.1. The Morgan fingerprint density at radius 2 is 1.73 bits per heavy atom. The van der Waals surface area contributed by atoms with Gasteiger partial charge in [0.1, 0.15) is 5.01 Å². The maximum atomic E-state index is 13.6. The van der Waals surface area contributed by atoms with E-state index in [0.717, 1.165) is 74.5 Å². The first-order valence-corrected chi connectivity index (χ1v) is 18.5. The Labute approximate surface area is 298 Å². The molecule has 0 unspecified atom stereocenters. The van der Waals surface area contributed by atoms with Gasteiger partial charge in [-0.25, -0.2) is 9.78 Å². The van der Waals surface area contributed by atoms with Gasteiger partial charge in [-0.2, -0.15) is 5.10 Å². The minimum atomic E-state index is -0.911. The molecular weight excluding hydrogens is 654 g/mol. The number of halogens is 1. The van der Waals surface area contributed by atoms with E-state index in [9.17, 15) is 4.79 Å². The third kappa shape index (κ3) is 6.76. The van der Waals surface area contributed by atoms with Crippen LogP contribution in [0.3, 0.4) is 0 Å². The van der Waals surface area contributed by atoms with Gasteiger partial charge in [0.25, 0.3) is 0 Å². The second-order valence-corrected chi connectivity index (χ2v) is 16.1. The zero-order valence-electron chi connectivity index (χ0n) is 29.5. The van der Waals surface area contributed by atoms with Gasteiger partial charge >= 0.3 is 5.97 Å². The predicted molar refractivity (Wildman–Crippen MR) is 200 cm³/mol. The molecule has 258 valence electrons. The van der Waals surface area contributed by atoms with Gasteiger partial charge in [-0.05, 0) is 115 Å². The average molecular weight is 700 g/mol. The molecule has 5 aromatic rings. The van der Waals surface area contributed by atoms with Crippen molar-refractivity contribution in [1.29, 1.82) is 0 Å². The number of aryl methyl sites for hydroxylation is 2. The van der Waals surface area contributed by atoms with E-state index in [4.69, 9.17) is 31.2 Å². The van der Waals surface area contributed by atoms with Gasteiger partial charge in [0.15, 0.2) is 6.10 Å². The minimum Gasteiger partial charge on any atom is -0.464 e. The summed E-state index contributed by atoms with van der Waals surface area (Å²) in [5.41, 5.74) is 7.27. The fraction of sp³-hybridized carbons (Fsp3) is 0.462. The second-order valence-electron chi connectivity index (χ2n) is 14.6. The van der Waals surface area contributed by atoms with Gasteiger partial charge < -0.3 is 14.4 Å². The van der Waals surface area contributed by atoms with Crippen molar-refractivity contribution in [2.45, 2.75) is 71.1 Å². The Hall–Kier alpha value is -3.34. The Morgan fingerprint density at radius 1 is 1.04 bits per heavy atom. The smallest absolute Gasteiger partial charge is 0.339 e. The van der Waals surface area contributed by atoms with Gasteiger partial charge in [-0.15, -0.1) is 11.3 Å². The van der Waals surface area contributed by atoms with Crippen molar-refractivity contribution in [3.8, 4) is 21.7 Å². The Kier molecular flexibility index (Phi) is 9.34. The monoisotopic (exact) mass is 699 g/mol. The molecule has 0 aliphatic carbocycles. The van der Waals surface area contributed by atoms with Crippen LogP contribution in [0.4, 0.5) is 0 Å². The van der Waals surface area contributed by atoms with Gasteiger partial charge in [0.05, 0.1) is 33.6 Å². The lowest BCUT2D eigenvalue weighted by atomic mass is 9.90. The number of benzene rings is 3. The maximum absolute atomic E-state index is 13.6. The third-order valence-electron chi connectivity index (χ3n) is 9.90. The quantitative estimate of drug-likeness (QED) is 0.151. The Bertz CT molecular complexity index is 2000. The molecule has 8 nitrogen and oxygen atoms in total. The number of thiazole rings is 1. The van der Waals surface area contributed by atoms with E-state index < -0.39 is 17.7 Å². The molecule has 1 atom stereocenters. The molecule has 10 heteroatoms. The SMILES string of the molecule is CCOC(=O)[C@@H](OC(C)(C)C)c1c(C)cc2nc(-c3ccc4c(c3)c(C3CCN(C5CN(C)C5)CC3)nn4C)sc2c1-c1ccc(Cl)cc1. The van der Waals surface area contributed by atoms with Crippen LogP contribution in [0.2, 0.25) is 5.02 Å². The Balaban J connectivity index is 1.31. The summed E-state index contributed by atoms with van der Waals surface area (Å²) >= 11 is 7.99. The summed E-state index contributed by atoms with van der Waals surface area (Å²) in [6, 6.07) is 17.2. The molecule has 2 aromatic heterocycles. The molecule has 0 spiro atoms. The molecular formula is C39H46ClN5O3S. The topological polar surface area (TPSA) is 72.7 Å². The number of nitrogens with zero attached hydrogens (tertiary/aromatic N) is 5. The van der Waals surface area contributed by atoms with Crippen LogP contribution in [-0.2, 0) is 21.3 Å². The third-order valence-corrected chi connectivity index (χ3v) is 11.3. The van der Waals surface area contributed by atoms with Crippen molar-refractivity contribution in [3.63, 3.8) is 0 Å². The molecule has 3 aromatic carbocycles. The summed E-state index contributed by atoms with van der Waals surface area (Å²) in [6.45, 7) is 14.6. The molecule has 2 aliphatic heterocycles. The summed E-state index contributed by atoms with van der Waals surface area (Å²) in [6.07, 6.45) is 1.34. The van der Waals surface area contributed by atoms with E-state index in [1.54, 1.807) is 11.3 Å². The minimum absolute atomic E-state index is 0.265. The number of likely N-dealkylation sites (N-methyl/N-ethyl adjacent to an activating group) is 1. The number of carbonyl (C=O) groups excluding carboxylic acids is 1. The first-order chi connectivity index (χ1) is 23.4. The van der Waals surface area contributed by atoms with Crippen molar-refractivity contribution in [1.82, 2.24) is 24.6 Å². The highest BCUT2D eigenvalue weighted by Gasteiger charge is 2.35. The van der Waals surface area contributed by atoms with Crippen LogP contribution in [0.25, 0.3) is 42.8 Å². The summed E-state index contributed by atoms with van der Waals surface area (Å²) in [5.74, 6) is 0.0351. The zero-order valence-corrected chi connectivity index (χ0v) is 31.1. The highest BCUT2D eigenvalue weighted by molar-refractivity contribution is 7.22. The van der Waals surface area contributed by atoms with Crippen LogP contribution in [0.1, 0.15) is 69.4 Å². The van der Waals surface area contributed by atoms with E-state index in [-0.39, 0.29) is 6.61 Å². The number of hydrogen-bond acceptors (Lipinski definition) is 8. The molecule has 0 bridgehead atoms. The van der Waals surface area contributed by atoms with E-state index in [0.29, 0.717) is 17.0 Å². The fourth-order valence-electron chi connectivity index (χ4n) is 7.53. The molecule has 2 saturated heterocycles. The van der Waals surface area contributed by atoms with E-state index in [1.165, 1.54) is 24.2 Å². The lowest BCUT2D eigenvalue weighted by Crippen LogP contribution is -2.59. The van der Waals surface area contributed by atoms with Crippen molar-refractivity contribution in [3.05, 3.63) is 70.4 Å². The summed E-state index contributed by atoms with van der Waals surface area (Å²) in [4.78, 5) is 23.8. The molecule has 4 heterocycles. The van der Waals surface area contributed by atoms with E-state index in [2.05, 4.69) is 41.1 Å². The Morgan fingerprint density at radius 3 is 2.39 bits per heavy atom. The predicted octanol–water partition coefficient (Wildman–Crippen LogP) is 8.39. The highest BCUT2D eigenvalue weighted by Crippen LogP contribution is 2.45. The molecule has 0 N–H and O–H groups in total. The lowest BCUT2D eigenvalue weighted by Gasteiger charge is -2.46. The van der Waals surface area contributed by atoms with Gasteiger partial charge in [0.2, 0.25) is 0 Å². The van der Waals surface area contributed by atoms with Crippen LogP contribution < -0.4 is 0 Å². The molecule has 0 radical (unpaired) electrons. The summed E-state index contributed by atoms with van der Waals surface area (Å²) in [7, 11) is 4.25. The zero-order chi connectivity index (χ0) is 34.6. The number of hydrogen-bond donors (Lipinski definition) is 0. The van der Waals surface area contributed by atoms with E-state index in [1.807, 2.05) is 70.6 Å². The largest absolute Gasteiger partial charge is 0.464 e. The molecule has 0 saturated carbocycles. The van der Waals surface area contributed by atoms with Crippen molar-refractivity contribution >= 4 is 50.0 Å². The molecule has 0 amide bonds. The fourth-order valence-corrected chi connectivity index (χ4v) is 8.78. The number of esters is 1. The van der Waals surface area contributed by atoms with Crippen molar-refractivity contribution in [2.24, 2.45) is 7.05 Å². The number of aromatic nitrogens is 3.